The van der Waals surface area contributed by atoms with E-state index >= 15 is 0 Å². The lowest BCUT2D eigenvalue weighted by molar-refractivity contribution is -0.870. The third kappa shape index (κ3) is 48.6. The number of aliphatic hydroxyl groups is 1. The highest BCUT2D eigenvalue weighted by molar-refractivity contribution is 7.45. The molecule has 3 unspecified atom stereocenters. The highest BCUT2D eigenvalue weighted by atomic mass is 31.2. The molecular formula is C55H107N2O6P. The summed E-state index contributed by atoms with van der Waals surface area (Å²) in [6.45, 7) is 4.65. The van der Waals surface area contributed by atoms with Crippen molar-refractivity contribution in [2.75, 3.05) is 40.9 Å². The standard InChI is InChI=1S/C55H107N2O6P/c1-6-8-10-12-14-16-18-20-22-24-26-28-29-31-33-35-37-39-41-43-45-47-49-55(59)56-53(52-63-64(60,61)62-51-50-57(3,4)5)54(58)48-46-44-42-40-38-36-34-32-30-27-25-23-21-19-17-15-13-11-9-7-2/h30,32,38,40,46,48,53-54,58H,6-29,31,33-37,39,41-45,47,49-52H2,1-5H3,(H-,56,59,60,61)/b32-30+,40-38+,48-46+. The van der Waals surface area contributed by atoms with Gasteiger partial charge < -0.3 is 28.8 Å². The van der Waals surface area contributed by atoms with Gasteiger partial charge in [0.25, 0.3) is 7.82 Å². The molecule has 0 aliphatic heterocycles. The maximum Gasteiger partial charge on any atom is 0.268 e. The Morgan fingerprint density at radius 3 is 1.27 bits per heavy atom. The van der Waals surface area contributed by atoms with Crippen molar-refractivity contribution in [2.45, 2.75) is 270 Å². The average molecular weight is 923 g/mol. The van der Waals surface area contributed by atoms with Gasteiger partial charge in [0, 0.05) is 6.42 Å². The number of carbonyl (C=O) groups is 1. The maximum atomic E-state index is 12.9. The van der Waals surface area contributed by atoms with E-state index in [-0.39, 0.29) is 12.5 Å². The minimum Gasteiger partial charge on any atom is -0.756 e. The quantitative estimate of drug-likeness (QED) is 0.0272. The van der Waals surface area contributed by atoms with Gasteiger partial charge in [0.05, 0.1) is 39.9 Å². The zero-order valence-corrected chi connectivity index (χ0v) is 43.9. The van der Waals surface area contributed by atoms with Crippen LogP contribution < -0.4 is 10.2 Å². The first kappa shape index (κ1) is 62.7. The Morgan fingerprint density at radius 1 is 0.531 bits per heavy atom. The molecule has 0 aliphatic carbocycles. The molecule has 2 N–H and O–H groups in total. The summed E-state index contributed by atoms with van der Waals surface area (Å²) in [6.07, 6.45) is 59.3. The van der Waals surface area contributed by atoms with Crippen LogP contribution >= 0.6 is 7.82 Å². The molecular weight excluding hydrogens is 816 g/mol. The summed E-state index contributed by atoms with van der Waals surface area (Å²) in [5, 5.41) is 13.8. The van der Waals surface area contributed by atoms with Gasteiger partial charge in [0.1, 0.15) is 13.2 Å². The van der Waals surface area contributed by atoms with Crippen LogP contribution in [0.4, 0.5) is 0 Å². The van der Waals surface area contributed by atoms with Crippen LogP contribution in [-0.2, 0) is 18.4 Å². The zero-order chi connectivity index (χ0) is 47.1. The van der Waals surface area contributed by atoms with Crippen LogP contribution in [0.15, 0.2) is 36.5 Å². The van der Waals surface area contributed by atoms with E-state index in [0.29, 0.717) is 17.4 Å². The molecule has 3 atom stereocenters. The molecule has 0 aliphatic rings. The zero-order valence-electron chi connectivity index (χ0n) is 43.0. The highest BCUT2D eigenvalue weighted by Gasteiger charge is 2.23. The molecule has 378 valence electrons. The topological polar surface area (TPSA) is 108 Å². The molecule has 0 heterocycles. The lowest BCUT2D eigenvalue weighted by Crippen LogP contribution is -2.45. The van der Waals surface area contributed by atoms with Crippen molar-refractivity contribution in [3.63, 3.8) is 0 Å². The molecule has 0 rings (SSSR count). The number of unbranched alkanes of at least 4 members (excludes halogenated alkanes) is 33. The van der Waals surface area contributed by atoms with Crippen LogP contribution in [0.5, 0.6) is 0 Å². The Balaban J connectivity index is 4.30. The van der Waals surface area contributed by atoms with Crippen LogP contribution in [0, 0.1) is 0 Å². The summed E-state index contributed by atoms with van der Waals surface area (Å²) in [5.74, 6) is -0.207. The molecule has 0 fully saturated rings. The van der Waals surface area contributed by atoms with E-state index in [1.807, 2.05) is 27.2 Å². The number of hydrogen-bond acceptors (Lipinski definition) is 6. The number of phosphoric ester groups is 1. The number of nitrogens with one attached hydrogen (secondary N) is 1. The smallest absolute Gasteiger partial charge is 0.268 e. The number of aliphatic hydroxyl groups excluding tert-OH is 1. The van der Waals surface area contributed by atoms with Crippen molar-refractivity contribution in [1.82, 2.24) is 5.32 Å². The van der Waals surface area contributed by atoms with Gasteiger partial charge >= 0.3 is 0 Å². The van der Waals surface area contributed by atoms with E-state index in [2.05, 4.69) is 43.5 Å². The van der Waals surface area contributed by atoms with Gasteiger partial charge in [-0.2, -0.15) is 0 Å². The lowest BCUT2D eigenvalue weighted by atomic mass is 10.0. The second kappa shape index (κ2) is 46.8. The van der Waals surface area contributed by atoms with E-state index < -0.39 is 26.6 Å². The van der Waals surface area contributed by atoms with E-state index in [1.165, 1.54) is 193 Å². The van der Waals surface area contributed by atoms with E-state index in [0.717, 1.165) is 44.9 Å². The Labute approximate surface area is 397 Å². The monoisotopic (exact) mass is 923 g/mol. The Hall–Kier alpha value is -1.28. The Morgan fingerprint density at radius 2 is 0.875 bits per heavy atom. The molecule has 0 bridgehead atoms. The lowest BCUT2D eigenvalue weighted by Gasteiger charge is -2.29. The Bertz CT molecular complexity index is 1140. The SMILES string of the molecule is CCCCCCCCCCCC/C=C/CC/C=C/CC/C=C/C(O)C(COP(=O)([O-])OCC[N+](C)(C)C)NC(=O)CCCCCCCCCCCCCCCCCCCCCCCC. The second-order valence-corrected chi connectivity index (χ2v) is 21.3. The summed E-state index contributed by atoms with van der Waals surface area (Å²) >= 11 is 0. The van der Waals surface area contributed by atoms with E-state index in [4.69, 9.17) is 9.05 Å². The maximum absolute atomic E-state index is 12.9. The number of phosphoric acid groups is 1. The van der Waals surface area contributed by atoms with Crippen molar-refractivity contribution >= 4 is 13.7 Å². The van der Waals surface area contributed by atoms with Gasteiger partial charge in [-0.25, -0.2) is 0 Å². The van der Waals surface area contributed by atoms with Crippen molar-refractivity contribution in [2.24, 2.45) is 0 Å². The Kier molecular flexibility index (Phi) is 45.9. The number of carbonyl (C=O) groups excluding carboxylic acids is 1. The van der Waals surface area contributed by atoms with Crippen LogP contribution in [0.1, 0.15) is 258 Å². The van der Waals surface area contributed by atoms with Gasteiger partial charge in [0.2, 0.25) is 5.91 Å². The van der Waals surface area contributed by atoms with Crippen molar-refractivity contribution in [3.8, 4) is 0 Å². The average Bonchev–Trinajstić information content (AvgIpc) is 3.25. The second-order valence-electron chi connectivity index (χ2n) is 19.9. The molecule has 0 aromatic rings. The third-order valence-corrected chi connectivity index (χ3v) is 13.3. The molecule has 64 heavy (non-hydrogen) atoms. The number of allylic oxidation sites excluding steroid dienone is 5. The molecule has 0 aromatic carbocycles. The van der Waals surface area contributed by atoms with E-state index in [1.54, 1.807) is 6.08 Å². The number of likely N-dealkylation sites (N-methyl/N-ethyl adjacent to an activating group) is 1. The number of nitrogens with zero attached hydrogens (tertiary/aromatic N) is 1. The summed E-state index contributed by atoms with van der Waals surface area (Å²) in [4.78, 5) is 25.4. The molecule has 1 amide bonds. The van der Waals surface area contributed by atoms with Crippen LogP contribution in [-0.4, -0.2) is 68.5 Å². The first-order valence-electron chi connectivity index (χ1n) is 27.4. The number of rotatable bonds is 50. The van der Waals surface area contributed by atoms with Gasteiger partial charge in [-0.15, -0.1) is 0 Å². The molecule has 0 saturated carbocycles. The van der Waals surface area contributed by atoms with Crippen molar-refractivity contribution < 1.29 is 32.9 Å². The van der Waals surface area contributed by atoms with Crippen LogP contribution in [0.25, 0.3) is 0 Å². The number of hydrogen-bond donors (Lipinski definition) is 2. The summed E-state index contributed by atoms with van der Waals surface area (Å²) in [5.41, 5.74) is 0. The van der Waals surface area contributed by atoms with Crippen molar-refractivity contribution in [1.29, 1.82) is 0 Å². The van der Waals surface area contributed by atoms with E-state index in [9.17, 15) is 19.4 Å². The largest absolute Gasteiger partial charge is 0.756 e. The predicted octanol–water partition coefficient (Wildman–Crippen LogP) is 15.6. The van der Waals surface area contributed by atoms with Gasteiger partial charge in [-0.1, -0.05) is 243 Å². The molecule has 0 radical (unpaired) electrons. The fourth-order valence-electron chi connectivity index (χ4n) is 8.01. The normalized spacial score (nSPS) is 14.3. The van der Waals surface area contributed by atoms with Crippen molar-refractivity contribution in [3.05, 3.63) is 36.5 Å². The molecule has 9 heteroatoms. The predicted molar refractivity (Wildman–Crippen MR) is 275 cm³/mol. The minimum absolute atomic E-state index is 0.00747. The fourth-order valence-corrected chi connectivity index (χ4v) is 8.73. The first-order chi connectivity index (χ1) is 31.0. The number of amides is 1. The fraction of sp³-hybridized carbons (Fsp3) is 0.873. The summed E-state index contributed by atoms with van der Waals surface area (Å²) in [7, 11) is 1.24. The van der Waals surface area contributed by atoms with Gasteiger partial charge in [0.15, 0.2) is 0 Å². The van der Waals surface area contributed by atoms with Crippen LogP contribution in [0.2, 0.25) is 0 Å². The summed E-state index contributed by atoms with van der Waals surface area (Å²) < 4.78 is 23.3. The molecule has 0 aromatic heterocycles. The third-order valence-electron chi connectivity index (χ3n) is 12.3. The van der Waals surface area contributed by atoms with Gasteiger partial charge in [-0.3, -0.25) is 9.36 Å². The molecule has 0 saturated heterocycles. The molecule has 8 nitrogen and oxygen atoms in total. The summed E-state index contributed by atoms with van der Waals surface area (Å²) in [6, 6.07) is -0.907. The number of quaternary nitrogens is 1. The van der Waals surface area contributed by atoms with Gasteiger partial charge in [-0.05, 0) is 44.9 Å². The minimum atomic E-state index is -4.60. The first-order valence-corrected chi connectivity index (χ1v) is 28.8. The van der Waals surface area contributed by atoms with Crippen LogP contribution in [0.3, 0.4) is 0 Å². The molecule has 0 spiro atoms. The highest BCUT2D eigenvalue weighted by Crippen LogP contribution is 2.38.